The Bertz CT molecular complexity index is 364. The van der Waals surface area contributed by atoms with Crippen molar-refractivity contribution >= 4 is 15.9 Å². The van der Waals surface area contributed by atoms with Gasteiger partial charge < -0.3 is 5.32 Å². The molecule has 3 atom stereocenters. The Balaban J connectivity index is 1.86. The zero-order valence-corrected chi connectivity index (χ0v) is 12.3. The van der Waals surface area contributed by atoms with Crippen LogP contribution in [-0.2, 0) is 6.54 Å². The third-order valence-electron chi connectivity index (χ3n) is 3.89. The van der Waals surface area contributed by atoms with Gasteiger partial charge in [0.1, 0.15) is 0 Å². The van der Waals surface area contributed by atoms with Gasteiger partial charge >= 0.3 is 0 Å². The first-order valence-electron chi connectivity index (χ1n) is 6.63. The van der Waals surface area contributed by atoms with Crippen LogP contribution >= 0.6 is 15.9 Å². The minimum Gasteiger partial charge on any atom is -0.310 e. The van der Waals surface area contributed by atoms with Gasteiger partial charge in [-0.3, -0.25) is 0 Å². The largest absolute Gasteiger partial charge is 0.310 e. The Morgan fingerprint density at radius 1 is 1.29 bits per heavy atom. The Labute approximate surface area is 113 Å². The lowest BCUT2D eigenvalue weighted by Gasteiger charge is -2.33. The number of halogens is 1. The maximum absolute atomic E-state index is 3.71. The van der Waals surface area contributed by atoms with E-state index in [1.165, 1.54) is 29.3 Å². The van der Waals surface area contributed by atoms with Crippen molar-refractivity contribution in [1.82, 2.24) is 5.32 Å². The summed E-state index contributed by atoms with van der Waals surface area (Å²) in [5.41, 5.74) is 1.37. The highest BCUT2D eigenvalue weighted by molar-refractivity contribution is 9.10. The highest BCUT2D eigenvalue weighted by atomic mass is 79.9. The van der Waals surface area contributed by atoms with Crippen LogP contribution in [0.1, 0.15) is 38.7 Å². The van der Waals surface area contributed by atoms with Gasteiger partial charge in [-0.2, -0.15) is 0 Å². The monoisotopic (exact) mass is 295 g/mol. The molecule has 0 aromatic heterocycles. The van der Waals surface area contributed by atoms with Crippen molar-refractivity contribution < 1.29 is 0 Å². The molecule has 94 valence electrons. The molecule has 0 heterocycles. The molecule has 1 N–H and O–H groups in total. The molecule has 0 saturated heterocycles. The quantitative estimate of drug-likeness (QED) is 0.873. The lowest BCUT2D eigenvalue weighted by atomic mass is 9.80. The smallest absolute Gasteiger partial charge is 0.0208 e. The number of hydrogen-bond acceptors (Lipinski definition) is 1. The van der Waals surface area contributed by atoms with Crippen LogP contribution in [0.5, 0.6) is 0 Å². The van der Waals surface area contributed by atoms with Crippen molar-refractivity contribution in [3.05, 3.63) is 34.3 Å². The van der Waals surface area contributed by atoms with Gasteiger partial charge in [-0.1, -0.05) is 41.9 Å². The first-order valence-corrected chi connectivity index (χ1v) is 7.42. The van der Waals surface area contributed by atoms with Crippen LogP contribution in [0.2, 0.25) is 0 Å². The summed E-state index contributed by atoms with van der Waals surface area (Å²) in [6.07, 6.45) is 4.08. The van der Waals surface area contributed by atoms with Crippen molar-refractivity contribution in [1.29, 1.82) is 0 Å². The Morgan fingerprint density at radius 2 is 2.12 bits per heavy atom. The Kier molecular flexibility index (Phi) is 4.63. The number of hydrogen-bond donors (Lipinski definition) is 1. The second-order valence-corrected chi connectivity index (χ2v) is 6.43. The molecule has 1 aromatic carbocycles. The molecule has 17 heavy (non-hydrogen) atoms. The predicted octanol–water partition coefficient (Wildman–Crippen LogP) is 4.36. The lowest BCUT2D eigenvalue weighted by molar-refractivity contribution is 0.227. The molecule has 0 amide bonds. The topological polar surface area (TPSA) is 12.0 Å². The van der Waals surface area contributed by atoms with Gasteiger partial charge in [0.2, 0.25) is 0 Å². The Morgan fingerprint density at radius 3 is 2.82 bits per heavy atom. The molecule has 0 bridgehead atoms. The molecule has 3 unspecified atom stereocenters. The molecule has 1 fully saturated rings. The molecule has 0 spiro atoms. The van der Waals surface area contributed by atoms with Crippen LogP contribution in [0, 0.1) is 11.8 Å². The molecule has 1 aliphatic rings. The van der Waals surface area contributed by atoms with E-state index < -0.39 is 0 Å². The zero-order chi connectivity index (χ0) is 12.3. The molecule has 2 rings (SSSR count). The average Bonchev–Trinajstić information content (AvgIpc) is 2.28. The van der Waals surface area contributed by atoms with Crippen molar-refractivity contribution in [3.63, 3.8) is 0 Å². The van der Waals surface area contributed by atoms with E-state index in [1.54, 1.807) is 0 Å². The standard InChI is InChI=1S/C15H22BrN/c1-11-6-7-15(12(2)8-11)17-10-13-4-3-5-14(16)9-13/h3-5,9,11-12,15,17H,6-8,10H2,1-2H3. The van der Waals surface area contributed by atoms with Gasteiger partial charge in [0.05, 0.1) is 0 Å². The number of benzene rings is 1. The van der Waals surface area contributed by atoms with E-state index in [0.717, 1.165) is 18.4 Å². The maximum Gasteiger partial charge on any atom is 0.0208 e. The second kappa shape index (κ2) is 6.01. The summed E-state index contributed by atoms with van der Waals surface area (Å²) in [7, 11) is 0. The van der Waals surface area contributed by atoms with Crippen LogP contribution < -0.4 is 5.32 Å². The average molecular weight is 296 g/mol. The molecule has 1 aliphatic carbocycles. The van der Waals surface area contributed by atoms with Crippen LogP contribution in [-0.4, -0.2) is 6.04 Å². The summed E-state index contributed by atoms with van der Waals surface area (Å²) in [5, 5.41) is 3.71. The van der Waals surface area contributed by atoms with Gasteiger partial charge in [-0.25, -0.2) is 0 Å². The van der Waals surface area contributed by atoms with Gasteiger partial charge in [0.25, 0.3) is 0 Å². The molecule has 1 saturated carbocycles. The fourth-order valence-electron chi connectivity index (χ4n) is 2.86. The molecular formula is C15H22BrN. The van der Waals surface area contributed by atoms with Crippen LogP contribution in [0.15, 0.2) is 28.7 Å². The fraction of sp³-hybridized carbons (Fsp3) is 0.600. The highest BCUT2D eigenvalue weighted by Crippen LogP contribution is 2.28. The SMILES string of the molecule is CC1CCC(NCc2cccc(Br)c2)C(C)C1. The summed E-state index contributed by atoms with van der Waals surface area (Å²) in [6.45, 7) is 5.75. The summed E-state index contributed by atoms with van der Waals surface area (Å²) in [4.78, 5) is 0. The van der Waals surface area contributed by atoms with Crippen LogP contribution in [0.3, 0.4) is 0 Å². The number of rotatable bonds is 3. The predicted molar refractivity (Wildman–Crippen MR) is 76.9 cm³/mol. The van der Waals surface area contributed by atoms with E-state index in [0.29, 0.717) is 6.04 Å². The van der Waals surface area contributed by atoms with E-state index in [1.807, 2.05) is 0 Å². The first-order chi connectivity index (χ1) is 8.15. The van der Waals surface area contributed by atoms with Crippen LogP contribution in [0.25, 0.3) is 0 Å². The third kappa shape index (κ3) is 3.82. The van der Waals surface area contributed by atoms with E-state index >= 15 is 0 Å². The summed E-state index contributed by atoms with van der Waals surface area (Å²) in [5.74, 6) is 1.72. The van der Waals surface area contributed by atoms with Gasteiger partial charge in [0.15, 0.2) is 0 Å². The van der Waals surface area contributed by atoms with Gasteiger partial charge in [0, 0.05) is 17.1 Å². The minimum absolute atomic E-state index is 0.699. The normalized spacial score (nSPS) is 29.2. The molecular weight excluding hydrogens is 274 g/mol. The summed E-state index contributed by atoms with van der Waals surface area (Å²) >= 11 is 3.52. The first kappa shape index (κ1) is 13.1. The van der Waals surface area contributed by atoms with Crippen molar-refractivity contribution in [3.8, 4) is 0 Å². The molecule has 2 heteroatoms. The minimum atomic E-state index is 0.699. The molecule has 0 aliphatic heterocycles. The van der Waals surface area contributed by atoms with Gasteiger partial charge in [-0.05, 0) is 48.8 Å². The second-order valence-electron chi connectivity index (χ2n) is 5.51. The Hall–Kier alpha value is -0.340. The number of nitrogens with one attached hydrogen (secondary N) is 1. The highest BCUT2D eigenvalue weighted by Gasteiger charge is 2.24. The maximum atomic E-state index is 3.71. The fourth-order valence-corrected chi connectivity index (χ4v) is 3.31. The summed E-state index contributed by atoms with van der Waals surface area (Å²) < 4.78 is 1.17. The van der Waals surface area contributed by atoms with Crippen molar-refractivity contribution in [2.24, 2.45) is 11.8 Å². The molecule has 1 nitrogen and oxygen atoms in total. The van der Waals surface area contributed by atoms with Crippen molar-refractivity contribution in [2.45, 2.75) is 45.7 Å². The van der Waals surface area contributed by atoms with Gasteiger partial charge in [-0.15, -0.1) is 0 Å². The third-order valence-corrected chi connectivity index (χ3v) is 4.38. The summed E-state index contributed by atoms with van der Waals surface area (Å²) in [6, 6.07) is 9.27. The van der Waals surface area contributed by atoms with E-state index in [2.05, 4.69) is 59.4 Å². The van der Waals surface area contributed by atoms with Crippen molar-refractivity contribution in [2.75, 3.05) is 0 Å². The van der Waals surface area contributed by atoms with Crippen LogP contribution in [0.4, 0.5) is 0 Å². The van der Waals surface area contributed by atoms with E-state index in [4.69, 9.17) is 0 Å². The van der Waals surface area contributed by atoms with E-state index in [9.17, 15) is 0 Å². The molecule has 1 aromatic rings. The van der Waals surface area contributed by atoms with E-state index in [-0.39, 0.29) is 0 Å². The molecule has 0 radical (unpaired) electrons. The zero-order valence-electron chi connectivity index (χ0n) is 10.7. The lowest BCUT2D eigenvalue weighted by Crippen LogP contribution is -2.38.